The minimum atomic E-state index is -0.756. The molecule has 4 saturated carbocycles. The van der Waals surface area contributed by atoms with Gasteiger partial charge >= 0.3 is 0 Å². The molecule has 5 aliphatic rings. The fourth-order valence-corrected chi connectivity index (χ4v) is 10.5. The summed E-state index contributed by atoms with van der Waals surface area (Å²) in [5.41, 5.74) is 0.296. The average molecular weight is 638 g/mol. The number of nitrogens with one attached hydrogen (secondary N) is 4. The van der Waals surface area contributed by atoms with E-state index in [0.717, 1.165) is 63.5 Å². The van der Waals surface area contributed by atoms with E-state index in [1.54, 1.807) is 6.20 Å². The van der Waals surface area contributed by atoms with Crippen molar-refractivity contribution >= 4 is 17.7 Å². The van der Waals surface area contributed by atoms with Crippen molar-refractivity contribution in [2.24, 2.45) is 33.5 Å². The van der Waals surface area contributed by atoms with Crippen molar-refractivity contribution in [1.82, 2.24) is 26.2 Å². The lowest BCUT2D eigenvalue weighted by atomic mass is 9.73. The van der Waals surface area contributed by atoms with Gasteiger partial charge in [0.25, 0.3) is 0 Å². The SMILES string of the molecule is C=CNC(C(=O)N[C@H](C(=O)N1CC2(CC1C(=O)N[C@]1(/C(=C\CC)NC)CC1CC)C(C)(C)C21CCC1)C(C)(C)C)C1CCCCC1. The average Bonchev–Trinajstić information content (AvgIpc) is 3.71. The van der Waals surface area contributed by atoms with Gasteiger partial charge in [0.2, 0.25) is 17.7 Å². The molecule has 5 fully saturated rings. The summed E-state index contributed by atoms with van der Waals surface area (Å²) in [6, 6.07) is -1.75. The molecule has 4 N–H and O–H groups in total. The minimum Gasteiger partial charge on any atom is -0.390 e. The highest BCUT2D eigenvalue weighted by molar-refractivity contribution is 5.95. The fourth-order valence-electron chi connectivity index (χ4n) is 10.5. The highest BCUT2D eigenvalue weighted by atomic mass is 16.2. The quantitative estimate of drug-likeness (QED) is 0.217. The van der Waals surface area contributed by atoms with Crippen molar-refractivity contribution < 1.29 is 14.4 Å². The third-order valence-electron chi connectivity index (χ3n) is 13.6. The number of nitrogens with zero attached hydrogens (tertiary/aromatic N) is 1. The number of allylic oxidation sites excluding steroid dienone is 1. The molecule has 8 nitrogen and oxygen atoms in total. The standard InChI is InChI=1S/C38H63N5O3/c1-10-17-28(39-9)38(22-26(38)11-2)42-31(44)27-23-37(35(7,8)36(37)20-16-21-36)24-43(27)33(46)30(34(4,5)6)41-32(45)29(40-12-3)25-18-14-13-15-19-25/h12,17,25-27,29-30,39-40H,3,10-11,13-16,18-24H2,1-2,4-9H3,(H,41,45)(H,42,44)/b28-17+/t26?,27?,29?,30-,37?,38-/m1/s1. The summed E-state index contributed by atoms with van der Waals surface area (Å²) in [6.45, 7) is 19.5. The van der Waals surface area contributed by atoms with Crippen molar-refractivity contribution in [3.63, 3.8) is 0 Å². The third-order valence-corrected chi connectivity index (χ3v) is 13.6. The number of rotatable bonds is 12. The lowest BCUT2D eigenvalue weighted by molar-refractivity contribution is -0.144. The molecule has 2 spiro atoms. The van der Waals surface area contributed by atoms with E-state index in [-0.39, 0.29) is 39.9 Å². The Morgan fingerprint density at radius 1 is 1.00 bits per heavy atom. The first kappa shape index (κ1) is 34.8. The number of hydrogen-bond donors (Lipinski definition) is 4. The molecule has 4 unspecified atom stereocenters. The van der Waals surface area contributed by atoms with E-state index in [4.69, 9.17) is 0 Å². The lowest BCUT2D eigenvalue weighted by Gasteiger charge is -2.38. The van der Waals surface area contributed by atoms with Crippen LogP contribution in [-0.2, 0) is 14.4 Å². The van der Waals surface area contributed by atoms with E-state index in [1.807, 2.05) is 32.7 Å². The summed E-state index contributed by atoms with van der Waals surface area (Å²) in [5, 5.41) is 13.3. The molecule has 1 heterocycles. The summed E-state index contributed by atoms with van der Waals surface area (Å²) >= 11 is 0. The molecule has 5 rings (SSSR count). The van der Waals surface area contributed by atoms with E-state index in [0.29, 0.717) is 18.9 Å². The highest BCUT2D eigenvalue weighted by Crippen LogP contribution is 2.88. The monoisotopic (exact) mass is 637 g/mol. The van der Waals surface area contributed by atoms with Crippen LogP contribution in [0.15, 0.2) is 24.6 Å². The second-order valence-corrected chi connectivity index (χ2v) is 16.9. The van der Waals surface area contributed by atoms with Gasteiger partial charge in [-0.2, -0.15) is 0 Å². The Morgan fingerprint density at radius 2 is 1.67 bits per heavy atom. The fraction of sp³-hybridized carbons (Fsp3) is 0.816. The second kappa shape index (κ2) is 12.5. The first-order valence-corrected chi connectivity index (χ1v) is 18.4. The maximum absolute atomic E-state index is 14.9. The lowest BCUT2D eigenvalue weighted by Crippen LogP contribution is -2.61. The molecular weight excluding hydrogens is 574 g/mol. The van der Waals surface area contributed by atoms with Crippen LogP contribution in [-0.4, -0.2) is 59.9 Å². The molecule has 258 valence electrons. The van der Waals surface area contributed by atoms with Gasteiger partial charge in [-0.15, -0.1) is 0 Å². The first-order chi connectivity index (χ1) is 21.7. The number of fused-ring (bicyclic) bond motifs is 1. The predicted molar refractivity (Wildman–Crippen MR) is 184 cm³/mol. The van der Waals surface area contributed by atoms with Gasteiger partial charge in [0, 0.05) is 24.7 Å². The Bertz CT molecular complexity index is 1230. The molecule has 0 radical (unpaired) electrons. The van der Waals surface area contributed by atoms with E-state index in [1.165, 1.54) is 12.8 Å². The van der Waals surface area contributed by atoms with Crippen LogP contribution in [0.3, 0.4) is 0 Å². The van der Waals surface area contributed by atoms with Gasteiger partial charge < -0.3 is 26.2 Å². The largest absolute Gasteiger partial charge is 0.390 e. The van der Waals surface area contributed by atoms with Gasteiger partial charge in [0.15, 0.2) is 0 Å². The predicted octanol–water partition coefficient (Wildman–Crippen LogP) is 5.79. The van der Waals surface area contributed by atoms with Crippen LogP contribution in [0.25, 0.3) is 0 Å². The van der Waals surface area contributed by atoms with Crippen LogP contribution >= 0.6 is 0 Å². The zero-order valence-electron chi connectivity index (χ0n) is 30.1. The maximum atomic E-state index is 14.9. The minimum absolute atomic E-state index is 0.0528. The van der Waals surface area contributed by atoms with Crippen molar-refractivity contribution in [3.05, 3.63) is 24.6 Å². The van der Waals surface area contributed by atoms with E-state index in [2.05, 4.69) is 61.6 Å². The summed E-state index contributed by atoms with van der Waals surface area (Å²) in [7, 11) is 1.94. The Labute approximate surface area is 278 Å². The Hall–Kier alpha value is -2.51. The molecule has 0 aromatic heterocycles. The molecule has 3 amide bonds. The number of hydrogen-bond acceptors (Lipinski definition) is 5. The molecular formula is C38H63N5O3. The van der Waals surface area contributed by atoms with Crippen LogP contribution in [0.1, 0.15) is 126 Å². The van der Waals surface area contributed by atoms with Crippen molar-refractivity contribution in [3.8, 4) is 0 Å². The maximum Gasteiger partial charge on any atom is 0.246 e. The zero-order chi connectivity index (χ0) is 33.7. The molecule has 1 saturated heterocycles. The van der Waals surface area contributed by atoms with E-state index >= 15 is 0 Å². The molecule has 46 heavy (non-hydrogen) atoms. The number of likely N-dealkylation sites (tertiary alicyclic amines) is 1. The van der Waals surface area contributed by atoms with E-state index in [9.17, 15) is 14.4 Å². The van der Waals surface area contributed by atoms with Crippen LogP contribution in [0.5, 0.6) is 0 Å². The zero-order valence-corrected chi connectivity index (χ0v) is 30.1. The molecule has 0 aromatic carbocycles. The smallest absolute Gasteiger partial charge is 0.246 e. The van der Waals surface area contributed by atoms with Crippen molar-refractivity contribution in [2.75, 3.05) is 13.6 Å². The molecule has 0 aromatic rings. The van der Waals surface area contributed by atoms with Crippen molar-refractivity contribution in [2.45, 2.75) is 149 Å². The van der Waals surface area contributed by atoms with Gasteiger partial charge in [-0.25, -0.2) is 0 Å². The Balaban J connectivity index is 1.45. The Morgan fingerprint density at radius 3 is 2.15 bits per heavy atom. The van der Waals surface area contributed by atoms with E-state index < -0.39 is 29.1 Å². The molecule has 8 heteroatoms. The number of carbonyl (C=O) groups excluding carboxylic acids is 3. The summed E-state index contributed by atoms with van der Waals surface area (Å²) < 4.78 is 0. The second-order valence-electron chi connectivity index (χ2n) is 16.9. The first-order valence-electron chi connectivity index (χ1n) is 18.4. The summed E-state index contributed by atoms with van der Waals surface area (Å²) in [6.07, 6.45) is 16.2. The molecule has 4 aliphatic carbocycles. The molecule has 1 aliphatic heterocycles. The Kier molecular flexibility index (Phi) is 9.46. The summed E-state index contributed by atoms with van der Waals surface area (Å²) in [5.74, 6) is 0.241. The van der Waals surface area contributed by atoms with Gasteiger partial charge in [-0.3, -0.25) is 14.4 Å². The van der Waals surface area contributed by atoms with Crippen LogP contribution in [0.2, 0.25) is 0 Å². The number of amides is 3. The van der Waals surface area contributed by atoms with Crippen LogP contribution in [0, 0.1) is 33.5 Å². The van der Waals surface area contributed by atoms with Gasteiger partial charge in [0.05, 0.1) is 5.54 Å². The van der Waals surface area contributed by atoms with Gasteiger partial charge in [0.1, 0.15) is 18.1 Å². The van der Waals surface area contributed by atoms with Crippen molar-refractivity contribution in [1.29, 1.82) is 0 Å². The van der Waals surface area contributed by atoms with Crippen LogP contribution < -0.4 is 21.3 Å². The molecule has 0 bridgehead atoms. The normalized spacial score (nSPS) is 32.7. The van der Waals surface area contributed by atoms with Gasteiger partial charge in [-0.1, -0.05) is 93.2 Å². The highest BCUT2D eigenvalue weighted by Gasteiger charge is 2.85. The molecule has 6 atom stereocenters. The summed E-state index contributed by atoms with van der Waals surface area (Å²) in [4.78, 5) is 45.3. The third kappa shape index (κ3) is 5.38. The number of carbonyl (C=O) groups is 3. The van der Waals surface area contributed by atoms with Gasteiger partial charge in [-0.05, 0) is 79.2 Å². The van der Waals surface area contributed by atoms with Crippen LogP contribution in [0.4, 0.5) is 0 Å². The number of likely N-dealkylation sites (N-methyl/N-ethyl adjacent to an activating group) is 1. The topological polar surface area (TPSA) is 103 Å².